The summed E-state index contributed by atoms with van der Waals surface area (Å²) in [5, 5.41) is 3.28. The number of hydrogen-bond acceptors (Lipinski definition) is 4. The first kappa shape index (κ1) is 16.8. The number of nitrogens with zero attached hydrogens (tertiary/aromatic N) is 1. The van der Waals surface area contributed by atoms with Gasteiger partial charge in [-0.3, -0.25) is 9.59 Å². The molecule has 1 unspecified atom stereocenters. The Kier molecular flexibility index (Phi) is 3.97. The summed E-state index contributed by atoms with van der Waals surface area (Å²) in [5.41, 5.74) is 1.79. The second-order valence-corrected chi connectivity index (χ2v) is 8.77. The SMILES string of the molecule is CCc1sc(-c2ccc3ccccc3c2)nc1C1C(=O)[C@@H]2CC[C@@H](C2)C1=O. The second kappa shape index (κ2) is 6.38. The fourth-order valence-electron chi connectivity index (χ4n) is 4.67. The number of thiazole rings is 1. The van der Waals surface area contributed by atoms with Crippen LogP contribution in [-0.4, -0.2) is 16.6 Å². The summed E-state index contributed by atoms with van der Waals surface area (Å²) < 4.78 is 0. The topological polar surface area (TPSA) is 47.0 Å². The summed E-state index contributed by atoms with van der Waals surface area (Å²) >= 11 is 1.63. The monoisotopic (exact) mass is 375 g/mol. The molecule has 0 N–H and O–H groups in total. The Balaban J connectivity index is 1.59. The molecule has 2 saturated carbocycles. The smallest absolute Gasteiger partial charge is 0.152 e. The molecular weight excluding hydrogens is 354 g/mol. The van der Waals surface area contributed by atoms with Crippen LogP contribution in [0.15, 0.2) is 42.5 Å². The van der Waals surface area contributed by atoms with Gasteiger partial charge in [0, 0.05) is 22.3 Å². The first-order valence-corrected chi connectivity index (χ1v) is 10.5. The lowest BCUT2D eigenvalue weighted by atomic mass is 9.77. The number of benzene rings is 2. The normalized spacial score (nSPS) is 24.7. The molecule has 3 atom stereocenters. The van der Waals surface area contributed by atoms with E-state index in [1.165, 1.54) is 10.8 Å². The van der Waals surface area contributed by atoms with Gasteiger partial charge >= 0.3 is 0 Å². The van der Waals surface area contributed by atoms with Crippen molar-refractivity contribution in [2.45, 2.75) is 38.5 Å². The maximum absolute atomic E-state index is 12.9. The van der Waals surface area contributed by atoms with Crippen LogP contribution in [0.2, 0.25) is 0 Å². The van der Waals surface area contributed by atoms with E-state index in [2.05, 4.69) is 37.3 Å². The van der Waals surface area contributed by atoms with Crippen LogP contribution in [0.4, 0.5) is 0 Å². The molecule has 3 aromatic rings. The van der Waals surface area contributed by atoms with E-state index in [0.717, 1.165) is 46.8 Å². The van der Waals surface area contributed by atoms with Crippen LogP contribution in [-0.2, 0) is 16.0 Å². The first-order chi connectivity index (χ1) is 13.2. The van der Waals surface area contributed by atoms with Crippen molar-refractivity contribution in [3.63, 3.8) is 0 Å². The minimum atomic E-state index is -0.628. The van der Waals surface area contributed by atoms with Crippen LogP contribution in [0.25, 0.3) is 21.3 Å². The molecule has 1 aromatic heterocycles. The molecule has 27 heavy (non-hydrogen) atoms. The van der Waals surface area contributed by atoms with Gasteiger partial charge in [0.1, 0.15) is 10.9 Å². The van der Waals surface area contributed by atoms with Crippen molar-refractivity contribution in [1.82, 2.24) is 4.98 Å². The molecule has 136 valence electrons. The summed E-state index contributed by atoms with van der Waals surface area (Å²) in [4.78, 5) is 31.8. The fourth-order valence-corrected chi connectivity index (χ4v) is 5.70. The number of fused-ring (bicyclic) bond motifs is 3. The van der Waals surface area contributed by atoms with Crippen molar-refractivity contribution in [3.05, 3.63) is 53.0 Å². The molecule has 2 aliphatic carbocycles. The average molecular weight is 375 g/mol. The highest BCUT2D eigenvalue weighted by Crippen LogP contribution is 2.45. The minimum Gasteiger partial charge on any atom is -0.298 e. The van der Waals surface area contributed by atoms with Gasteiger partial charge in [-0.2, -0.15) is 0 Å². The lowest BCUT2D eigenvalue weighted by Gasteiger charge is -2.24. The summed E-state index contributed by atoms with van der Waals surface area (Å²) in [6.45, 7) is 2.08. The Labute approximate surface area is 162 Å². The number of Topliss-reactive ketones (excluding diaryl/α,β-unsaturated/α-hetero) is 2. The van der Waals surface area contributed by atoms with Crippen molar-refractivity contribution in [2.24, 2.45) is 11.8 Å². The van der Waals surface area contributed by atoms with Gasteiger partial charge < -0.3 is 0 Å². The van der Waals surface area contributed by atoms with Crippen LogP contribution in [0.5, 0.6) is 0 Å². The Bertz CT molecular complexity index is 1050. The number of rotatable bonds is 3. The van der Waals surface area contributed by atoms with Crippen LogP contribution < -0.4 is 0 Å². The molecule has 4 heteroatoms. The Morgan fingerprint density at radius 3 is 2.41 bits per heavy atom. The highest BCUT2D eigenvalue weighted by Gasteiger charge is 2.48. The van der Waals surface area contributed by atoms with Gasteiger partial charge in [-0.1, -0.05) is 43.3 Å². The molecule has 0 aliphatic heterocycles. The third-order valence-electron chi connectivity index (χ3n) is 6.12. The van der Waals surface area contributed by atoms with Crippen LogP contribution in [0.1, 0.15) is 42.7 Å². The molecule has 0 amide bonds. The summed E-state index contributed by atoms with van der Waals surface area (Å²) in [5.74, 6) is -0.282. The van der Waals surface area contributed by atoms with Crippen molar-refractivity contribution in [3.8, 4) is 10.6 Å². The van der Waals surface area contributed by atoms with E-state index in [9.17, 15) is 9.59 Å². The van der Waals surface area contributed by atoms with Crippen LogP contribution in [0.3, 0.4) is 0 Å². The molecule has 0 radical (unpaired) electrons. The lowest BCUT2D eigenvalue weighted by Crippen LogP contribution is -2.35. The number of aromatic nitrogens is 1. The van der Waals surface area contributed by atoms with Crippen molar-refractivity contribution in [2.75, 3.05) is 0 Å². The van der Waals surface area contributed by atoms with E-state index in [-0.39, 0.29) is 23.4 Å². The minimum absolute atomic E-state index is 0.0632. The lowest BCUT2D eigenvalue weighted by molar-refractivity contribution is -0.136. The predicted octanol–water partition coefficient (Wildman–Crippen LogP) is 5.18. The van der Waals surface area contributed by atoms with E-state index < -0.39 is 5.92 Å². The number of ketones is 2. The third-order valence-corrected chi connectivity index (χ3v) is 7.39. The summed E-state index contributed by atoms with van der Waals surface area (Å²) in [6.07, 6.45) is 3.30. The largest absolute Gasteiger partial charge is 0.298 e. The standard InChI is InChI=1S/C23H21NO2S/c1-2-18-20(19-21(25)15-8-9-16(12-15)22(19)26)24-23(27-18)17-10-7-13-5-3-4-6-14(13)11-17/h3-7,10-11,15-16,19H,2,8-9,12H2,1H3/t15-,16+,19?. The maximum Gasteiger partial charge on any atom is 0.152 e. The second-order valence-electron chi connectivity index (χ2n) is 7.69. The Hall–Kier alpha value is -2.33. The molecule has 1 heterocycles. The molecule has 2 fully saturated rings. The molecule has 2 aromatic carbocycles. The van der Waals surface area contributed by atoms with Crippen molar-refractivity contribution < 1.29 is 9.59 Å². The fraction of sp³-hybridized carbons (Fsp3) is 0.348. The zero-order chi connectivity index (χ0) is 18.5. The third kappa shape index (κ3) is 2.66. The molecule has 2 aliphatic rings. The highest BCUT2D eigenvalue weighted by molar-refractivity contribution is 7.15. The van der Waals surface area contributed by atoms with Gasteiger partial charge in [0.25, 0.3) is 0 Å². The number of carbonyl (C=O) groups excluding carboxylic acids is 2. The quantitative estimate of drug-likeness (QED) is 0.593. The van der Waals surface area contributed by atoms with E-state index >= 15 is 0 Å². The van der Waals surface area contributed by atoms with Gasteiger partial charge in [-0.15, -0.1) is 11.3 Å². The molecule has 3 nitrogen and oxygen atoms in total. The van der Waals surface area contributed by atoms with Crippen LogP contribution >= 0.6 is 11.3 Å². The van der Waals surface area contributed by atoms with E-state index in [1.807, 2.05) is 12.1 Å². The zero-order valence-corrected chi connectivity index (χ0v) is 16.1. The van der Waals surface area contributed by atoms with E-state index in [1.54, 1.807) is 11.3 Å². The average Bonchev–Trinajstić information content (AvgIpc) is 3.32. The number of carbonyl (C=O) groups is 2. The number of aryl methyl sites for hydroxylation is 1. The molecule has 0 spiro atoms. The zero-order valence-electron chi connectivity index (χ0n) is 15.3. The van der Waals surface area contributed by atoms with Crippen molar-refractivity contribution >= 4 is 33.7 Å². The van der Waals surface area contributed by atoms with E-state index in [4.69, 9.17) is 4.98 Å². The van der Waals surface area contributed by atoms with Gasteiger partial charge in [0.2, 0.25) is 0 Å². The maximum atomic E-state index is 12.9. The van der Waals surface area contributed by atoms with E-state index in [0.29, 0.717) is 0 Å². The van der Waals surface area contributed by atoms with Crippen molar-refractivity contribution in [1.29, 1.82) is 0 Å². The van der Waals surface area contributed by atoms with Gasteiger partial charge in [0.15, 0.2) is 11.6 Å². The number of hydrogen-bond donors (Lipinski definition) is 0. The summed E-state index contributed by atoms with van der Waals surface area (Å²) in [7, 11) is 0. The molecule has 0 saturated heterocycles. The Morgan fingerprint density at radius 2 is 1.70 bits per heavy atom. The molecular formula is C23H21NO2S. The highest BCUT2D eigenvalue weighted by atomic mass is 32.1. The first-order valence-electron chi connectivity index (χ1n) is 9.72. The Morgan fingerprint density at radius 1 is 1.00 bits per heavy atom. The van der Waals surface area contributed by atoms with Gasteiger partial charge in [-0.05, 0) is 42.5 Å². The summed E-state index contributed by atoms with van der Waals surface area (Å²) in [6, 6.07) is 14.6. The molecule has 2 bridgehead atoms. The van der Waals surface area contributed by atoms with Gasteiger partial charge in [-0.25, -0.2) is 4.98 Å². The predicted molar refractivity (Wildman–Crippen MR) is 108 cm³/mol. The molecule has 5 rings (SSSR count). The van der Waals surface area contributed by atoms with Crippen LogP contribution in [0, 0.1) is 11.8 Å². The van der Waals surface area contributed by atoms with Gasteiger partial charge in [0.05, 0.1) is 5.69 Å².